The Bertz CT molecular complexity index is 927. The Labute approximate surface area is 164 Å². The van der Waals surface area contributed by atoms with Gasteiger partial charge in [-0.25, -0.2) is 9.69 Å². The van der Waals surface area contributed by atoms with Crippen LogP contribution in [-0.4, -0.2) is 30.9 Å². The van der Waals surface area contributed by atoms with Gasteiger partial charge >= 0.3 is 6.03 Å². The maximum atomic E-state index is 12.9. The van der Waals surface area contributed by atoms with Crippen molar-refractivity contribution in [3.05, 3.63) is 65.2 Å². The Balaban J connectivity index is 1.91. The van der Waals surface area contributed by atoms with Crippen molar-refractivity contribution in [2.24, 2.45) is 0 Å². The fraction of sp³-hybridized carbons (Fsp3) is 0.227. The van der Waals surface area contributed by atoms with Crippen molar-refractivity contribution < 1.29 is 14.4 Å². The number of anilines is 2. The molecule has 28 heavy (non-hydrogen) atoms. The van der Waals surface area contributed by atoms with Gasteiger partial charge in [0.15, 0.2) is 0 Å². The summed E-state index contributed by atoms with van der Waals surface area (Å²) in [5, 5.41) is 2.24. The van der Waals surface area contributed by atoms with Crippen LogP contribution in [0.4, 0.5) is 16.2 Å². The molecule has 144 valence electrons. The molecule has 0 radical (unpaired) electrons. The number of hydrogen-bond acceptors (Lipinski definition) is 4. The first-order chi connectivity index (χ1) is 13.4. The van der Waals surface area contributed by atoms with Gasteiger partial charge in [0.2, 0.25) is 0 Å². The zero-order valence-corrected chi connectivity index (χ0v) is 16.2. The summed E-state index contributed by atoms with van der Waals surface area (Å²) in [7, 11) is 0. The van der Waals surface area contributed by atoms with Gasteiger partial charge in [-0.15, -0.1) is 0 Å². The van der Waals surface area contributed by atoms with Crippen LogP contribution in [0.1, 0.15) is 25.0 Å². The van der Waals surface area contributed by atoms with Crippen LogP contribution in [0.5, 0.6) is 0 Å². The number of rotatable bonds is 5. The van der Waals surface area contributed by atoms with Crippen LogP contribution in [0.15, 0.2) is 54.1 Å². The van der Waals surface area contributed by atoms with Gasteiger partial charge in [0.1, 0.15) is 5.57 Å². The molecule has 0 atom stereocenters. The quantitative estimate of drug-likeness (QED) is 0.639. The number of nitrogens with one attached hydrogen (secondary N) is 1. The predicted octanol–water partition coefficient (Wildman–Crippen LogP) is 3.51. The molecule has 1 fully saturated rings. The second-order valence-electron chi connectivity index (χ2n) is 6.56. The molecule has 6 nitrogen and oxygen atoms in total. The highest BCUT2D eigenvalue weighted by molar-refractivity contribution is 6.39. The van der Waals surface area contributed by atoms with Crippen molar-refractivity contribution in [1.82, 2.24) is 5.32 Å². The molecule has 1 aliphatic rings. The highest BCUT2D eigenvalue weighted by Gasteiger charge is 2.36. The van der Waals surface area contributed by atoms with E-state index in [9.17, 15) is 14.4 Å². The highest BCUT2D eigenvalue weighted by Crippen LogP contribution is 2.23. The Morgan fingerprint density at radius 3 is 2.11 bits per heavy atom. The van der Waals surface area contributed by atoms with Gasteiger partial charge in [0.25, 0.3) is 11.8 Å². The van der Waals surface area contributed by atoms with Crippen LogP contribution in [0, 0.1) is 6.92 Å². The van der Waals surface area contributed by atoms with Gasteiger partial charge in [-0.3, -0.25) is 14.9 Å². The van der Waals surface area contributed by atoms with Gasteiger partial charge in [-0.1, -0.05) is 29.8 Å². The fourth-order valence-corrected chi connectivity index (χ4v) is 3.12. The minimum atomic E-state index is -0.743. The first-order valence-electron chi connectivity index (χ1n) is 9.27. The van der Waals surface area contributed by atoms with Crippen molar-refractivity contribution in [3.63, 3.8) is 0 Å². The van der Waals surface area contributed by atoms with E-state index in [2.05, 4.69) is 24.1 Å². The second-order valence-corrected chi connectivity index (χ2v) is 6.56. The Kier molecular flexibility index (Phi) is 5.59. The van der Waals surface area contributed by atoms with Crippen LogP contribution >= 0.6 is 0 Å². The summed E-state index contributed by atoms with van der Waals surface area (Å²) in [5.74, 6) is -1.32. The minimum Gasteiger partial charge on any atom is -0.372 e. The summed E-state index contributed by atoms with van der Waals surface area (Å²) < 4.78 is 0. The first-order valence-corrected chi connectivity index (χ1v) is 9.27. The van der Waals surface area contributed by atoms with Crippen LogP contribution in [0.2, 0.25) is 0 Å². The SMILES string of the molecule is CCN(CC)c1ccc(/C=C2\C(=O)NC(=O)N(c3ccc(C)cc3)C2=O)cc1. The predicted molar refractivity (Wildman–Crippen MR) is 110 cm³/mol. The van der Waals surface area contributed by atoms with Crippen molar-refractivity contribution in [3.8, 4) is 0 Å². The van der Waals surface area contributed by atoms with E-state index >= 15 is 0 Å². The molecule has 0 spiro atoms. The van der Waals surface area contributed by atoms with Crippen molar-refractivity contribution >= 4 is 35.3 Å². The molecule has 1 saturated heterocycles. The Morgan fingerprint density at radius 2 is 1.54 bits per heavy atom. The standard InChI is InChI=1S/C22H23N3O3/c1-4-24(5-2)17-12-8-16(9-13-17)14-19-20(26)23-22(28)25(21(19)27)18-10-6-15(3)7-11-18/h6-14H,4-5H2,1-3H3,(H,23,26,28)/b19-14+. The number of carbonyl (C=O) groups excluding carboxylic acids is 3. The number of aryl methyl sites for hydroxylation is 1. The molecule has 6 heteroatoms. The van der Waals surface area contributed by atoms with E-state index in [1.165, 1.54) is 6.08 Å². The Morgan fingerprint density at radius 1 is 0.929 bits per heavy atom. The van der Waals surface area contributed by atoms with Gasteiger partial charge < -0.3 is 4.90 Å². The van der Waals surface area contributed by atoms with Crippen LogP contribution in [0.3, 0.4) is 0 Å². The fourth-order valence-electron chi connectivity index (χ4n) is 3.12. The van der Waals surface area contributed by atoms with E-state index in [0.717, 1.165) is 29.2 Å². The molecular weight excluding hydrogens is 354 g/mol. The van der Waals surface area contributed by atoms with Gasteiger partial charge in [0, 0.05) is 18.8 Å². The zero-order valence-electron chi connectivity index (χ0n) is 16.2. The molecule has 1 heterocycles. The highest BCUT2D eigenvalue weighted by atomic mass is 16.2. The van der Waals surface area contributed by atoms with Gasteiger partial charge in [-0.05, 0) is 56.7 Å². The number of imide groups is 2. The average Bonchev–Trinajstić information content (AvgIpc) is 2.68. The molecule has 0 unspecified atom stereocenters. The normalized spacial score (nSPS) is 15.8. The summed E-state index contributed by atoms with van der Waals surface area (Å²) in [5.41, 5.74) is 3.14. The molecule has 3 rings (SSSR count). The minimum absolute atomic E-state index is 0.0734. The third-order valence-corrected chi connectivity index (χ3v) is 4.73. The summed E-state index contributed by atoms with van der Waals surface area (Å²) in [6, 6.07) is 13.8. The number of barbiturate groups is 1. The first kappa shape index (κ1) is 19.4. The third-order valence-electron chi connectivity index (χ3n) is 4.73. The van der Waals surface area contributed by atoms with E-state index in [1.54, 1.807) is 12.1 Å². The van der Waals surface area contributed by atoms with Crippen molar-refractivity contribution in [2.45, 2.75) is 20.8 Å². The summed E-state index contributed by atoms with van der Waals surface area (Å²) >= 11 is 0. The second kappa shape index (κ2) is 8.08. The molecule has 4 amide bonds. The molecule has 2 aromatic rings. The van der Waals surface area contributed by atoms with Crippen LogP contribution in [0.25, 0.3) is 6.08 Å². The van der Waals surface area contributed by atoms with E-state index in [1.807, 2.05) is 43.3 Å². The monoisotopic (exact) mass is 377 g/mol. The Hall–Kier alpha value is -3.41. The molecule has 0 bridgehead atoms. The summed E-state index contributed by atoms with van der Waals surface area (Å²) in [6.45, 7) is 7.87. The van der Waals surface area contributed by atoms with Gasteiger partial charge in [0.05, 0.1) is 5.69 Å². The molecule has 0 aromatic heterocycles. The molecule has 2 aromatic carbocycles. The lowest BCUT2D eigenvalue weighted by atomic mass is 10.1. The molecule has 1 N–H and O–H groups in total. The van der Waals surface area contributed by atoms with Crippen LogP contribution in [-0.2, 0) is 9.59 Å². The maximum absolute atomic E-state index is 12.9. The number of nitrogens with zero attached hydrogens (tertiary/aromatic N) is 2. The number of amides is 4. The van der Waals surface area contributed by atoms with Crippen LogP contribution < -0.4 is 15.1 Å². The molecular formula is C22H23N3O3. The van der Waals surface area contributed by atoms with E-state index in [-0.39, 0.29) is 5.57 Å². The lowest BCUT2D eigenvalue weighted by molar-refractivity contribution is -0.122. The van der Waals surface area contributed by atoms with E-state index in [4.69, 9.17) is 0 Å². The lowest BCUT2D eigenvalue weighted by Gasteiger charge is -2.26. The van der Waals surface area contributed by atoms with Crippen molar-refractivity contribution in [1.29, 1.82) is 0 Å². The molecule has 0 aliphatic carbocycles. The maximum Gasteiger partial charge on any atom is 0.335 e. The number of urea groups is 1. The van der Waals surface area contributed by atoms with E-state index < -0.39 is 17.8 Å². The average molecular weight is 377 g/mol. The smallest absolute Gasteiger partial charge is 0.335 e. The number of hydrogen-bond donors (Lipinski definition) is 1. The lowest BCUT2D eigenvalue weighted by Crippen LogP contribution is -2.54. The number of benzene rings is 2. The third kappa shape index (κ3) is 3.81. The topological polar surface area (TPSA) is 69.7 Å². The zero-order chi connectivity index (χ0) is 20.3. The molecule has 0 saturated carbocycles. The largest absolute Gasteiger partial charge is 0.372 e. The summed E-state index contributed by atoms with van der Waals surface area (Å²) in [6.07, 6.45) is 1.51. The van der Waals surface area contributed by atoms with E-state index in [0.29, 0.717) is 11.3 Å². The van der Waals surface area contributed by atoms with Crippen molar-refractivity contribution in [2.75, 3.05) is 22.9 Å². The molecule has 1 aliphatic heterocycles. The van der Waals surface area contributed by atoms with Gasteiger partial charge in [-0.2, -0.15) is 0 Å². The summed E-state index contributed by atoms with van der Waals surface area (Å²) in [4.78, 5) is 40.5. The number of carbonyl (C=O) groups is 3.